The number of likely N-dealkylation sites (N-methyl/N-ethyl adjacent to an activating group) is 1. The van der Waals surface area contributed by atoms with Crippen molar-refractivity contribution in [1.82, 2.24) is 4.90 Å². The van der Waals surface area contributed by atoms with Crippen LogP contribution >= 0.6 is 0 Å². The number of nitrogens with zero attached hydrogens (tertiary/aromatic N) is 1. The maximum absolute atomic E-state index is 12.8. The lowest BCUT2D eigenvalue weighted by molar-refractivity contribution is -0.286. The number of amides is 2. The first kappa shape index (κ1) is 13.8. The number of nitrogens with one attached hydrogen (secondary N) is 1. The van der Waals surface area contributed by atoms with Crippen molar-refractivity contribution in [3.05, 3.63) is 18.2 Å². The van der Waals surface area contributed by atoms with Gasteiger partial charge in [0.05, 0.1) is 0 Å². The second kappa shape index (κ2) is 4.83. The number of carbonyl (C=O) groups is 2. The van der Waals surface area contributed by atoms with Crippen LogP contribution in [0.3, 0.4) is 0 Å². The summed E-state index contributed by atoms with van der Waals surface area (Å²) < 4.78 is 34.0. The van der Waals surface area contributed by atoms with E-state index in [1.54, 1.807) is 0 Å². The molecule has 0 bridgehead atoms. The molecule has 0 unspecified atom stereocenters. The molecule has 0 saturated heterocycles. The molecular formula is C11H10F2N2O5. The lowest BCUT2D eigenvalue weighted by Crippen LogP contribution is -2.35. The van der Waals surface area contributed by atoms with Crippen LogP contribution in [0.5, 0.6) is 11.5 Å². The number of alkyl halides is 2. The summed E-state index contributed by atoms with van der Waals surface area (Å²) in [6.45, 7) is -0.492. The molecule has 1 heterocycles. The van der Waals surface area contributed by atoms with Gasteiger partial charge in [0.2, 0.25) is 0 Å². The van der Waals surface area contributed by atoms with Gasteiger partial charge in [-0.05, 0) is 12.1 Å². The molecule has 0 saturated carbocycles. The number of ether oxygens (including phenoxy) is 2. The fourth-order valence-electron chi connectivity index (χ4n) is 1.52. The summed E-state index contributed by atoms with van der Waals surface area (Å²) in [6, 6.07) is 3.00. The van der Waals surface area contributed by atoms with E-state index in [1.165, 1.54) is 19.2 Å². The highest BCUT2D eigenvalue weighted by atomic mass is 19.3. The van der Waals surface area contributed by atoms with Crippen LogP contribution in [0.1, 0.15) is 0 Å². The number of carboxylic acid groups (broad SMARTS) is 1. The Bertz CT molecular complexity index is 564. The Labute approximate surface area is 111 Å². The van der Waals surface area contributed by atoms with Gasteiger partial charge in [0.15, 0.2) is 11.5 Å². The highest BCUT2D eigenvalue weighted by Crippen LogP contribution is 2.42. The van der Waals surface area contributed by atoms with Crippen molar-refractivity contribution >= 4 is 17.7 Å². The second-order valence-electron chi connectivity index (χ2n) is 4.01. The van der Waals surface area contributed by atoms with Crippen LogP contribution in [0.15, 0.2) is 18.2 Å². The van der Waals surface area contributed by atoms with Crippen molar-refractivity contribution in [1.29, 1.82) is 0 Å². The van der Waals surface area contributed by atoms with Gasteiger partial charge in [-0.15, -0.1) is 8.78 Å². The number of anilines is 1. The van der Waals surface area contributed by atoms with E-state index in [-0.39, 0.29) is 17.2 Å². The molecule has 20 heavy (non-hydrogen) atoms. The molecular weight excluding hydrogens is 278 g/mol. The average Bonchev–Trinajstić information content (AvgIpc) is 2.61. The van der Waals surface area contributed by atoms with Gasteiger partial charge in [-0.3, -0.25) is 4.79 Å². The zero-order valence-electron chi connectivity index (χ0n) is 10.2. The van der Waals surface area contributed by atoms with Crippen LogP contribution in [-0.2, 0) is 4.79 Å². The number of urea groups is 1. The molecule has 0 aromatic heterocycles. The Kier molecular flexibility index (Phi) is 3.35. The molecule has 2 amide bonds. The monoisotopic (exact) mass is 288 g/mol. The molecule has 0 radical (unpaired) electrons. The van der Waals surface area contributed by atoms with Crippen LogP contribution in [0.25, 0.3) is 0 Å². The smallest absolute Gasteiger partial charge is 0.480 e. The molecule has 1 aromatic rings. The lowest BCUT2D eigenvalue weighted by Gasteiger charge is -2.15. The van der Waals surface area contributed by atoms with E-state index in [0.29, 0.717) is 0 Å². The summed E-state index contributed by atoms with van der Waals surface area (Å²) >= 11 is 0. The van der Waals surface area contributed by atoms with Gasteiger partial charge in [0.25, 0.3) is 0 Å². The molecule has 9 heteroatoms. The van der Waals surface area contributed by atoms with Gasteiger partial charge in [0.1, 0.15) is 6.54 Å². The van der Waals surface area contributed by atoms with Gasteiger partial charge in [-0.1, -0.05) is 0 Å². The number of hydrogen-bond acceptors (Lipinski definition) is 4. The first-order valence-corrected chi connectivity index (χ1v) is 5.40. The number of hydrogen-bond donors (Lipinski definition) is 2. The maximum atomic E-state index is 12.8. The van der Waals surface area contributed by atoms with Crippen molar-refractivity contribution in [2.24, 2.45) is 0 Å². The van der Waals surface area contributed by atoms with Crippen LogP contribution in [0.4, 0.5) is 19.3 Å². The van der Waals surface area contributed by atoms with Gasteiger partial charge in [-0.2, -0.15) is 0 Å². The summed E-state index contributed by atoms with van der Waals surface area (Å²) in [5, 5.41) is 10.9. The van der Waals surface area contributed by atoms with Crippen LogP contribution in [0.2, 0.25) is 0 Å². The largest absolute Gasteiger partial charge is 0.586 e. The minimum atomic E-state index is -3.73. The van der Waals surface area contributed by atoms with Crippen molar-refractivity contribution in [3.63, 3.8) is 0 Å². The Morgan fingerprint density at radius 1 is 1.35 bits per heavy atom. The van der Waals surface area contributed by atoms with E-state index in [9.17, 15) is 18.4 Å². The third-order valence-electron chi connectivity index (χ3n) is 2.37. The van der Waals surface area contributed by atoms with Crippen LogP contribution in [-0.4, -0.2) is 41.9 Å². The van der Waals surface area contributed by atoms with E-state index in [1.807, 2.05) is 0 Å². The predicted octanol–water partition coefficient (Wildman–Crippen LogP) is 1.56. The molecule has 0 spiro atoms. The second-order valence-corrected chi connectivity index (χ2v) is 4.01. The number of fused-ring (bicyclic) bond motifs is 1. The van der Waals surface area contributed by atoms with Gasteiger partial charge in [-0.25, -0.2) is 4.79 Å². The number of benzene rings is 1. The first-order valence-electron chi connectivity index (χ1n) is 5.40. The maximum Gasteiger partial charge on any atom is 0.586 e. The lowest BCUT2D eigenvalue weighted by atomic mass is 10.3. The summed E-state index contributed by atoms with van der Waals surface area (Å²) in [5.74, 6) is -1.53. The number of halogens is 2. The molecule has 108 valence electrons. The standard InChI is InChI=1S/C11H10F2N2O5/c1-15(5-9(16)17)10(18)14-6-2-3-7-8(4-6)20-11(12,13)19-7/h2-4H,5H2,1H3,(H,14,18)(H,16,17). The molecule has 1 aliphatic heterocycles. The summed E-state index contributed by atoms with van der Waals surface area (Å²) in [5.41, 5.74) is 0.173. The predicted molar refractivity (Wildman–Crippen MR) is 61.9 cm³/mol. The topological polar surface area (TPSA) is 88.1 Å². The highest BCUT2D eigenvalue weighted by Gasteiger charge is 2.43. The van der Waals surface area contributed by atoms with E-state index < -0.39 is 24.8 Å². The first-order chi connectivity index (χ1) is 9.27. The van der Waals surface area contributed by atoms with Gasteiger partial charge < -0.3 is 24.8 Å². The summed E-state index contributed by atoms with van der Waals surface area (Å²) in [6.07, 6.45) is -3.73. The molecule has 7 nitrogen and oxygen atoms in total. The van der Waals surface area contributed by atoms with Gasteiger partial charge >= 0.3 is 18.3 Å². The molecule has 0 atom stereocenters. The third kappa shape index (κ3) is 3.05. The zero-order chi connectivity index (χ0) is 14.9. The number of rotatable bonds is 3. The highest BCUT2D eigenvalue weighted by molar-refractivity contribution is 5.91. The van der Waals surface area contributed by atoms with Crippen molar-refractivity contribution in [2.45, 2.75) is 6.29 Å². The van der Waals surface area contributed by atoms with Crippen LogP contribution < -0.4 is 14.8 Å². The number of carbonyl (C=O) groups excluding carboxylic acids is 1. The Hall–Kier alpha value is -2.58. The number of carboxylic acids is 1. The van der Waals surface area contributed by atoms with Crippen molar-refractivity contribution < 1.29 is 33.0 Å². The molecule has 2 N–H and O–H groups in total. The quantitative estimate of drug-likeness (QED) is 0.881. The molecule has 0 aliphatic carbocycles. The average molecular weight is 288 g/mol. The van der Waals surface area contributed by atoms with Crippen molar-refractivity contribution in [2.75, 3.05) is 18.9 Å². The van der Waals surface area contributed by atoms with Crippen molar-refractivity contribution in [3.8, 4) is 11.5 Å². The molecule has 2 rings (SSSR count). The minimum Gasteiger partial charge on any atom is -0.480 e. The third-order valence-corrected chi connectivity index (χ3v) is 2.37. The fraction of sp³-hybridized carbons (Fsp3) is 0.273. The molecule has 1 aliphatic rings. The normalized spacial score (nSPS) is 14.8. The Morgan fingerprint density at radius 3 is 2.65 bits per heavy atom. The summed E-state index contributed by atoms with van der Waals surface area (Å²) in [7, 11) is 1.28. The number of aliphatic carboxylic acids is 1. The molecule has 1 aromatic carbocycles. The van der Waals surface area contributed by atoms with Gasteiger partial charge in [0, 0.05) is 18.8 Å². The zero-order valence-corrected chi connectivity index (χ0v) is 10.2. The summed E-state index contributed by atoms with van der Waals surface area (Å²) in [4.78, 5) is 23.0. The molecule has 0 fully saturated rings. The van der Waals surface area contributed by atoms with E-state index >= 15 is 0 Å². The van der Waals surface area contributed by atoms with E-state index in [2.05, 4.69) is 14.8 Å². The Balaban J connectivity index is 2.05. The van der Waals surface area contributed by atoms with Crippen LogP contribution in [0, 0.1) is 0 Å². The Morgan fingerprint density at radius 2 is 2.00 bits per heavy atom. The van der Waals surface area contributed by atoms with E-state index in [0.717, 1.165) is 11.0 Å². The minimum absolute atomic E-state index is 0.146. The SMILES string of the molecule is CN(CC(=O)O)C(=O)Nc1ccc2c(c1)OC(F)(F)O2. The van der Waals surface area contributed by atoms with E-state index in [4.69, 9.17) is 5.11 Å². The fourth-order valence-corrected chi connectivity index (χ4v) is 1.52.